The smallest absolute Gasteiger partial charge is 0.138 e. The van der Waals surface area contributed by atoms with Gasteiger partial charge in [-0.05, 0) is 0 Å². The predicted octanol–water partition coefficient (Wildman–Crippen LogP) is -0.00960. The van der Waals surface area contributed by atoms with Gasteiger partial charge in [0, 0.05) is 6.20 Å². The predicted molar refractivity (Wildman–Crippen MR) is 33.5 cm³/mol. The maximum Gasteiger partial charge on any atom is 0.138 e. The molecule has 0 unspecified atom stereocenters. The lowest BCUT2D eigenvalue weighted by Crippen LogP contribution is -1.90. The summed E-state index contributed by atoms with van der Waals surface area (Å²) in [6, 6.07) is 0. The molecule has 0 fully saturated rings. The molecule has 0 atom stereocenters. The van der Waals surface area contributed by atoms with Crippen LogP contribution in [-0.4, -0.2) is 25.0 Å². The van der Waals surface area contributed by atoms with E-state index in [2.05, 4.69) is 20.3 Å². The quantitative estimate of drug-likeness (QED) is 0.598. The molecule has 1 N–H and O–H groups in total. The van der Waals surface area contributed by atoms with E-state index >= 15 is 0 Å². The standard InChI is InChI=1S/C5H5N5/c1-5(2-8-7-1)10-4-6-3-9-10/h1-4H,(H,7,8). The van der Waals surface area contributed by atoms with Crippen molar-refractivity contribution < 1.29 is 0 Å². The van der Waals surface area contributed by atoms with Crippen LogP contribution in [0.1, 0.15) is 0 Å². The fourth-order valence-electron chi connectivity index (χ4n) is 0.711. The van der Waals surface area contributed by atoms with Crippen LogP contribution in [0.3, 0.4) is 0 Å². The molecule has 2 rings (SSSR count). The molecule has 50 valence electrons. The Morgan fingerprint density at radius 2 is 2.50 bits per heavy atom. The van der Waals surface area contributed by atoms with E-state index in [0.29, 0.717) is 0 Å². The summed E-state index contributed by atoms with van der Waals surface area (Å²) in [6.07, 6.45) is 6.52. The molecular formula is C5H5N5. The largest absolute Gasteiger partial charge is 0.283 e. The van der Waals surface area contributed by atoms with Gasteiger partial charge in [0.1, 0.15) is 18.3 Å². The molecule has 0 aliphatic rings. The van der Waals surface area contributed by atoms with Crippen molar-refractivity contribution in [3.63, 3.8) is 0 Å². The van der Waals surface area contributed by atoms with Gasteiger partial charge >= 0.3 is 0 Å². The van der Waals surface area contributed by atoms with Gasteiger partial charge in [0.05, 0.1) is 6.20 Å². The molecule has 10 heavy (non-hydrogen) atoms. The minimum absolute atomic E-state index is 0.887. The third-order valence-electron chi connectivity index (χ3n) is 1.17. The Morgan fingerprint density at radius 3 is 3.10 bits per heavy atom. The van der Waals surface area contributed by atoms with Crippen molar-refractivity contribution in [1.82, 2.24) is 25.0 Å². The highest BCUT2D eigenvalue weighted by atomic mass is 15.3. The average Bonchev–Trinajstić information content (AvgIpc) is 2.59. The monoisotopic (exact) mass is 135 g/mol. The van der Waals surface area contributed by atoms with Crippen LogP contribution in [-0.2, 0) is 0 Å². The second-order valence-corrected chi connectivity index (χ2v) is 1.80. The lowest BCUT2D eigenvalue weighted by molar-refractivity contribution is 0.880. The minimum atomic E-state index is 0.887. The number of nitrogens with one attached hydrogen (secondary N) is 1. The molecular weight excluding hydrogens is 130 g/mol. The summed E-state index contributed by atoms with van der Waals surface area (Å²) in [5.41, 5.74) is 0.887. The average molecular weight is 135 g/mol. The lowest BCUT2D eigenvalue weighted by atomic mass is 10.6. The first-order valence-electron chi connectivity index (χ1n) is 2.80. The second kappa shape index (κ2) is 1.94. The Morgan fingerprint density at radius 1 is 1.50 bits per heavy atom. The molecule has 2 aromatic rings. The Balaban J connectivity index is 2.48. The van der Waals surface area contributed by atoms with Crippen molar-refractivity contribution in [3.05, 3.63) is 25.0 Å². The number of aromatic nitrogens is 5. The van der Waals surface area contributed by atoms with Crippen molar-refractivity contribution in [3.8, 4) is 5.69 Å². The van der Waals surface area contributed by atoms with Gasteiger partial charge in [-0.1, -0.05) is 0 Å². The summed E-state index contributed by atoms with van der Waals surface area (Å²) in [7, 11) is 0. The molecule has 0 radical (unpaired) electrons. The van der Waals surface area contributed by atoms with E-state index in [9.17, 15) is 0 Å². The first-order chi connectivity index (χ1) is 4.97. The van der Waals surface area contributed by atoms with Gasteiger partial charge in [-0.25, -0.2) is 9.67 Å². The Kier molecular flexibility index (Phi) is 1.00. The van der Waals surface area contributed by atoms with Gasteiger partial charge in [-0.2, -0.15) is 10.2 Å². The third-order valence-corrected chi connectivity index (χ3v) is 1.17. The van der Waals surface area contributed by atoms with Crippen molar-refractivity contribution in [1.29, 1.82) is 0 Å². The number of rotatable bonds is 1. The van der Waals surface area contributed by atoms with Gasteiger partial charge in [0.25, 0.3) is 0 Å². The lowest BCUT2D eigenvalue weighted by Gasteiger charge is -1.88. The fraction of sp³-hybridized carbons (Fsp3) is 0. The van der Waals surface area contributed by atoms with Crippen LogP contribution in [0.25, 0.3) is 5.69 Å². The molecule has 0 saturated carbocycles. The molecule has 2 aromatic heterocycles. The van der Waals surface area contributed by atoms with Crippen LogP contribution in [0, 0.1) is 0 Å². The summed E-state index contributed by atoms with van der Waals surface area (Å²) in [4.78, 5) is 3.79. The first-order valence-corrected chi connectivity index (χ1v) is 2.80. The minimum Gasteiger partial charge on any atom is -0.283 e. The number of nitrogens with zero attached hydrogens (tertiary/aromatic N) is 4. The number of hydrogen-bond donors (Lipinski definition) is 1. The molecule has 0 aliphatic carbocycles. The topological polar surface area (TPSA) is 59.4 Å². The van der Waals surface area contributed by atoms with Gasteiger partial charge in [-0.15, -0.1) is 0 Å². The Hall–Kier alpha value is -1.65. The van der Waals surface area contributed by atoms with Crippen molar-refractivity contribution in [2.45, 2.75) is 0 Å². The highest BCUT2D eigenvalue weighted by Gasteiger charge is 1.94. The fourth-order valence-corrected chi connectivity index (χ4v) is 0.711. The molecule has 0 aliphatic heterocycles. The molecule has 0 bridgehead atoms. The van der Waals surface area contributed by atoms with Gasteiger partial charge in [-0.3, -0.25) is 5.10 Å². The summed E-state index contributed by atoms with van der Waals surface area (Å²) < 4.78 is 1.63. The van der Waals surface area contributed by atoms with Crippen LogP contribution in [0.15, 0.2) is 25.0 Å². The molecule has 2 heterocycles. The number of H-pyrrole nitrogens is 1. The maximum atomic E-state index is 3.90. The molecule has 5 nitrogen and oxygen atoms in total. The van der Waals surface area contributed by atoms with Crippen molar-refractivity contribution in [2.24, 2.45) is 0 Å². The summed E-state index contributed by atoms with van der Waals surface area (Å²) in [6.45, 7) is 0. The van der Waals surface area contributed by atoms with Crippen LogP contribution < -0.4 is 0 Å². The Bertz CT molecular complexity index is 249. The van der Waals surface area contributed by atoms with Crippen LogP contribution in [0.4, 0.5) is 0 Å². The van der Waals surface area contributed by atoms with Gasteiger partial charge in [0.15, 0.2) is 0 Å². The highest BCUT2D eigenvalue weighted by molar-refractivity contribution is 5.21. The third kappa shape index (κ3) is 0.680. The van der Waals surface area contributed by atoms with E-state index in [1.54, 1.807) is 23.4 Å². The zero-order chi connectivity index (χ0) is 6.81. The van der Waals surface area contributed by atoms with Crippen molar-refractivity contribution >= 4 is 0 Å². The van der Waals surface area contributed by atoms with Gasteiger partial charge < -0.3 is 0 Å². The van der Waals surface area contributed by atoms with E-state index in [1.165, 1.54) is 6.33 Å². The normalized spacial score (nSPS) is 10.0. The molecule has 0 amide bonds. The van der Waals surface area contributed by atoms with Gasteiger partial charge in [0.2, 0.25) is 0 Å². The first kappa shape index (κ1) is 5.16. The summed E-state index contributed by atoms with van der Waals surface area (Å²) in [5, 5.41) is 10.3. The number of aromatic amines is 1. The van der Waals surface area contributed by atoms with E-state index in [0.717, 1.165) is 5.69 Å². The van der Waals surface area contributed by atoms with E-state index < -0.39 is 0 Å². The van der Waals surface area contributed by atoms with Crippen LogP contribution in [0.5, 0.6) is 0 Å². The molecule has 0 saturated heterocycles. The highest BCUT2D eigenvalue weighted by Crippen LogP contribution is 1.97. The van der Waals surface area contributed by atoms with E-state index in [1.807, 2.05) is 0 Å². The van der Waals surface area contributed by atoms with Crippen molar-refractivity contribution in [2.75, 3.05) is 0 Å². The van der Waals surface area contributed by atoms with Crippen LogP contribution >= 0.6 is 0 Å². The van der Waals surface area contributed by atoms with E-state index in [4.69, 9.17) is 0 Å². The zero-order valence-electron chi connectivity index (χ0n) is 5.10. The van der Waals surface area contributed by atoms with E-state index in [-0.39, 0.29) is 0 Å². The molecule has 0 spiro atoms. The Labute approximate surface area is 56.7 Å². The second-order valence-electron chi connectivity index (χ2n) is 1.80. The SMILES string of the molecule is c1ncn(-c2cn[nH]c2)n1. The zero-order valence-corrected chi connectivity index (χ0v) is 5.10. The number of hydrogen-bond acceptors (Lipinski definition) is 3. The maximum absolute atomic E-state index is 3.90. The van der Waals surface area contributed by atoms with Crippen LogP contribution in [0.2, 0.25) is 0 Å². The summed E-state index contributed by atoms with van der Waals surface area (Å²) >= 11 is 0. The summed E-state index contributed by atoms with van der Waals surface area (Å²) in [5.74, 6) is 0. The molecule has 0 aromatic carbocycles. The molecule has 5 heteroatoms.